The van der Waals surface area contributed by atoms with Gasteiger partial charge >= 0.3 is 5.97 Å². The molecule has 1 aliphatic carbocycles. The van der Waals surface area contributed by atoms with Gasteiger partial charge in [-0.15, -0.1) is 0 Å². The largest absolute Gasteiger partial charge is 0.479 e. The van der Waals surface area contributed by atoms with Crippen LogP contribution in [0.1, 0.15) is 111 Å². The maximum Gasteiger partial charge on any atom is 0.331 e. The first-order valence-corrected chi connectivity index (χ1v) is 14.1. The fourth-order valence-corrected chi connectivity index (χ4v) is 5.08. The normalized spacial score (nSPS) is 14.6. The highest BCUT2D eigenvalue weighted by Crippen LogP contribution is 2.36. The van der Waals surface area contributed by atoms with Gasteiger partial charge in [-0.2, -0.15) is 5.06 Å². The monoisotopic (exact) mass is 508 g/mol. The van der Waals surface area contributed by atoms with Gasteiger partial charge in [0.1, 0.15) is 0 Å². The van der Waals surface area contributed by atoms with Crippen molar-refractivity contribution in [3.8, 4) is 0 Å². The van der Waals surface area contributed by atoms with Crippen LogP contribution in [0.3, 0.4) is 0 Å². The summed E-state index contributed by atoms with van der Waals surface area (Å²) in [6.07, 6.45) is 14.6. The minimum Gasteiger partial charge on any atom is -0.479 e. The molecule has 1 aliphatic rings. The zero-order valence-corrected chi connectivity index (χ0v) is 22.4. The number of rotatable bonds is 18. The van der Waals surface area contributed by atoms with E-state index in [1.807, 2.05) is 36.4 Å². The molecule has 0 fully saturated rings. The molecule has 0 saturated carbocycles. The Kier molecular flexibility index (Phi) is 12.6. The summed E-state index contributed by atoms with van der Waals surface area (Å²) < 4.78 is 0. The molecule has 0 radical (unpaired) electrons. The number of hydrogen-bond acceptors (Lipinski definition) is 4. The minimum absolute atomic E-state index is 0.0135. The molecule has 2 aromatic rings. The van der Waals surface area contributed by atoms with Crippen molar-refractivity contribution in [2.24, 2.45) is 0 Å². The van der Waals surface area contributed by atoms with Gasteiger partial charge in [0.05, 0.1) is 6.04 Å². The molecule has 0 spiro atoms. The van der Waals surface area contributed by atoms with E-state index < -0.39 is 5.97 Å². The quantitative estimate of drug-likeness (QED) is 0.170. The highest BCUT2D eigenvalue weighted by Gasteiger charge is 2.29. The summed E-state index contributed by atoms with van der Waals surface area (Å²) in [4.78, 5) is 29.4. The first kappa shape index (κ1) is 28.9. The van der Waals surface area contributed by atoms with Crippen LogP contribution in [0.2, 0.25) is 0 Å². The smallest absolute Gasteiger partial charge is 0.331 e. The number of amides is 1. The van der Waals surface area contributed by atoms with Gasteiger partial charge in [0.15, 0.2) is 6.61 Å². The topological polar surface area (TPSA) is 78.9 Å². The Morgan fingerprint density at radius 1 is 0.919 bits per heavy atom. The lowest BCUT2D eigenvalue weighted by Crippen LogP contribution is -2.30. The van der Waals surface area contributed by atoms with Crippen molar-refractivity contribution in [2.75, 3.05) is 13.2 Å². The number of hydrogen-bond donors (Lipinski definition) is 2. The number of benzene rings is 2. The number of nitrogens with zero attached hydrogens (tertiary/aromatic N) is 1. The number of carbonyl (C=O) groups is 2. The molecule has 6 nitrogen and oxygen atoms in total. The van der Waals surface area contributed by atoms with Crippen LogP contribution in [-0.2, 0) is 22.6 Å². The number of carboxylic acid groups (broad SMARTS) is 1. The summed E-state index contributed by atoms with van der Waals surface area (Å²) in [7, 11) is 0. The molecule has 1 amide bonds. The average Bonchev–Trinajstić information content (AvgIpc) is 3.34. The number of fused-ring (bicyclic) bond motifs is 1. The third-order valence-electron chi connectivity index (χ3n) is 7.17. The average molecular weight is 509 g/mol. The summed E-state index contributed by atoms with van der Waals surface area (Å²) in [6.45, 7) is 3.03. The van der Waals surface area contributed by atoms with E-state index in [1.54, 1.807) is 5.06 Å². The minimum atomic E-state index is -0.995. The van der Waals surface area contributed by atoms with E-state index in [0.29, 0.717) is 18.7 Å². The van der Waals surface area contributed by atoms with Gasteiger partial charge < -0.3 is 10.4 Å². The van der Waals surface area contributed by atoms with Crippen molar-refractivity contribution in [3.63, 3.8) is 0 Å². The number of unbranched alkanes of at least 4 members (excludes halogenated alkanes) is 9. The fourth-order valence-electron chi connectivity index (χ4n) is 5.08. The molecule has 3 rings (SSSR count). The second-order valence-corrected chi connectivity index (χ2v) is 10.1. The van der Waals surface area contributed by atoms with Gasteiger partial charge in [-0.3, -0.25) is 9.63 Å². The van der Waals surface area contributed by atoms with Gasteiger partial charge in [0.25, 0.3) is 5.91 Å². The van der Waals surface area contributed by atoms with Crippen molar-refractivity contribution in [2.45, 2.75) is 96.6 Å². The van der Waals surface area contributed by atoms with Gasteiger partial charge in [-0.05, 0) is 48.1 Å². The number of carbonyl (C=O) groups excluding carboxylic acids is 1. The molecule has 2 N–H and O–H groups in total. The number of aryl methyl sites for hydroxylation is 1. The van der Waals surface area contributed by atoms with Gasteiger partial charge in [0.2, 0.25) is 0 Å². The molecular weight excluding hydrogens is 464 g/mol. The van der Waals surface area contributed by atoms with E-state index in [4.69, 9.17) is 9.94 Å². The number of hydroxylamine groups is 2. The summed E-state index contributed by atoms with van der Waals surface area (Å²) in [6, 6.07) is 15.8. The maximum atomic E-state index is 12.6. The number of aliphatic carboxylic acids is 1. The maximum absolute atomic E-state index is 12.6. The van der Waals surface area contributed by atoms with Crippen molar-refractivity contribution in [1.82, 2.24) is 10.4 Å². The molecule has 0 aromatic heterocycles. The zero-order chi connectivity index (χ0) is 26.3. The Morgan fingerprint density at radius 3 is 2.24 bits per heavy atom. The Balaban J connectivity index is 1.41. The Hall–Kier alpha value is -2.70. The number of carboxylic acids is 1. The predicted molar refractivity (Wildman–Crippen MR) is 147 cm³/mol. The SMILES string of the molecule is CCCCCCCCCCCCNC(=O)c1ccc(CN(OCC(=O)O)C2CCc3ccccc32)cc1. The molecule has 1 atom stereocenters. The number of nitrogens with one attached hydrogen (secondary N) is 1. The molecule has 0 saturated heterocycles. The Morgan fingerprint density at radius 2 is 1.57 bits per heavy atom. The lowest BCUT2D eigenvalue weighted by molar-refractivity contribution is -0.205. The van der Waals surface area contributed by atoms with Gasteiger partial charge in [-0.1, -0.05) is 101 Å². The first-order valence-electron chi connectivity index (χ1n) is 14.1. The van der Waals surface area contributed by atoms with Gasteiger partial charge in [0, 0.05) is 18.7 Å². The third kappa shape index (κ3) is 9.94. The van der Waals surface area contributed by atoms with E-state index >= 15 is 0 Å². The van der Waals surface area contributed by atoms with E-state index in [1.165, 1.54) is 62.5 Å². The summed E-state index contributed by atoms with van der Waals surface area (Å²) >= 11 is 0. The first-order chi connectivity index (χ1) is 18.1. The second-order valence-electron chi connectivity index (χ2n) is 10.1. The highest BCUT2D eigenvalue weighted by atomic mass is 16.7. The molecule has 0 aliphatic heterocycles. The van der Waals surface area contributed by atoms with Crippen molar-refractivity contribution in [1.29, 1.82) is 0 Å². The Bertz CT molecular complexity index is 960. The highest BCUT2D eigenvalue weighted by molar-refractivity contribution is 5.94. The third-order valence-corrected chi connectivity index (χ3v) is 7.17. The van der Waals surface area contributed by atoms with Crippen molar-refractivity contribution in [3.05, 3.63) is 70.8 Å². The molecule has 6 heteroatoms. The summed E-state index contributed by atoms with van der Waals surface area (Å²) in [5.74, 6) is -1.04. The van der Waals surface area contributed by atoms with Crippen molar-refractivity contribution < 1.29 is 19.5 Å². The molecule has 1 unspecified atom stereocenters. The van der Waals surface area contributed by atoms with E-state index in [0.717, 1.165) is 31.2 Å². The van der Waals surface area contributed by atoms with E-state index in [-0.39, 0.29) is 18.6 Å². The Labute approximate surface area is 222 Å². The lowest BCUT2D eigenvalue weighted by Gasteiger charge is -2.28. The second kappa shape index (κ2) is 16.2. The van der Waals surface area contributed by atoms with Crippen LogP contribution in [0, 0.1) is 0 Å². The summed E-state index contributed by atoms with van der Waals surface area (Å²) in [5, 5.41) is 14.0. The van der Waals surface area contributed by atoms with Crippen molar-refractivity contribution >= 4 is 11.9 Å². The van der Waals surface area contributed by atoms with Gasteiger partial charge in [-0.25, -0.2) is 4.79 Å². The lowest BCUT2D eigenvalue weighted by atomic mass is 10.1. The van der Waals surface area contributed by atoms with Crippen LogP contribution < -0.4 is 5.32 Å². The summed E-state index contributed by atoms with van der Waals surface area (Å²) in [5.41, 5.74) is 4.09. The van der Waals surface area contributed by atoms with Crippen LogP contribution in [0.25, 0.3) is 0 Å². The molecule has 2 aromatic carbocycles. The standard InChI is InChI=1S/C31H44N2O4/c1-2-3-4-5-6-7-8-9-10-13-22-32-31(36)27-18-16-25(17-19-27)23-33(37-24-30(34)35)29-21-20-26-14-11-12-15-28(26)29/h11-12,14-19,29H,2-10,13,20-24H2,1H3,(H,32,36)(H,34,35). The van der Waals surface area contributed by atoms with E-state index in [2.05, 4.69) is 24.4 Å². The zero-order valence-electron chi connectivity index (χ0n) is 22.4. The van der Waals surface area contributed by atoms with Crippen LogP contribution in [0.15, 0.2) is 48.5 Å². The molecule has 0 bridgehead atoms. The fraction of sp³-hybridized carbons (Fsp3) is 0.548. The van der Waals surface area contributed by atoms with Crippen LogP contribution in [0.4, 0.5) is 0 Å². The molecule has 37 heavy (non-hydrogen) atoms. The van der Waals surface area contributed by atoms with Crippen LogP contribution >= 0.6 is 0 Å². The van der Waals surface area contributed by atoms with Crippen LogP contribution in [0.5, 0.6) is 0 Å². The van der Waals surface area contributed by atoms with Crippen LogP contribution in [-0.4, -0.2) is 35.2 Å². The predicted octanol–water partition coefficient (Wildman–Crippen LogP) is 6.84. The molecule has 0 heterocycles. The van der Waals surface area contributed by atoms with E-state index in [9.17, 15) is 9.59 Å². The molecular formula is C31H44N2O4. The molecule has 202 valence electrons.